The van der Waals surface area contributed by atoms with Crippen LogP contribution in [0, 0.1) is 5.92 Å². The standard InChI is InChI=1S/C12H17N7O/c1-18(7-8-5-9(20)6-8)11-15-10(13)16-12(17-11)19-4-2-3-14-19/h2-4,8-9,20H,5-7H2,1H3,(H2,13,15,16,17). The molecule has 0 saturated heterocycles. The summed E-state index contributed by atoms with van der Waals surface area (Å²) in [5.74, 6) is 1.56. The van der Waals surface area contributed by atoms with Crippen LogP contribution in [0.2, 0.25) is 0 Å². The zero-order chi connectivity index (χ0) is 14.1. The number of aliphatic hydroxyl groups excluding tert-OH is 1. The molecular weight excluding hydrogens is 258 g/mol. The second kappa shape index (κ2) is 5.04. The molecule has 2 aromatic heterocycles. The lowest BCUT2D eigenvalue weighted by Crippen LogP contribution is -2.37. The molecule has 0 bridgehead atoms. The van der Waals surface area contributed by atoms with Crippen molar-refractivity contribution >= 4 is 11.9 Å². The first kappa shape index (κ1) is 12.8. The van der Waals surface area contributed by atoms with Crippen LogP contribution >= 0.6 is 0 Å². The number of rotatable bonds is 4. The Morgan fingerprint density at radius 2 is 2.20 bits per heavy atom. The van der Waals surface area contributed by atoms with Crippen molar-refractivity contribution in [2.75, 3.05) is 24.2 Å². The molecule has 0 atom stereocenters. The summed E-state index contributed by atoms with van der Waals surface area (Å²) < 4.78 is 1.54. The van der Waals surface area contributed by atoms with Crippen LogP contribution in [0.15, 0.2) is 18.5 Å². The Morgan fingerprint density at radius 1 is 1.40 bits per heavy atom. The number of hydrogen-bond donors (Lipinski definition) is 2. The zero-order valence-electron chi connectivity index (χ0n) is 11.2. The topological polar surface area (TPSA) is 106 Å². The van der Waals surface area contributed by atoms with Gasteiger partial charge in [-0.25, -0.2) is 4.68 Å². The number of nitrogen functional groups attached to an aromatic ring is 1. The number of nitrogens with zero attached hydrogens (tertiary/aromatic N) is 6. The summed E-state index contributed by atoms with van der Waals surface area (Å²) in [5.41, 5.74) is 5.73. The predicted octanol–water partition coefficient (Wildman–Crippen LogP) is -0.153. The van der Waals surface area contributed by atoms with Gasteiger partial charge in [-0.3, -0.25) is 0 Å². The molecule has 0 amide bonds. The van der Waals surface area contributed by atoms with Crippen LogP contribution in [0.5, 0.6) is 0 Å². The summed E-state index contributed by atoms with van der Waals surface area (Å²) >= 11 is 0. The molecule has 1 aliphatic rings. The van der Waals surface area contributed by atoms with Crippen molar-refractivity contribution in [1.29, 1.82) is 0 Å². The molecular formula is C12H17N7O. The van der Waals surface area contributed by atoms with Gasteiger partial charge in [-0.2, -0.15) is 20.1 Å². The Morgan fingerprint density at radius 3 is 2.85 bits per heavy atom. The van der Waals surface area contributed by atoms with E-state index in [0.29, 0.717) is 17.8 Å². The highest BCUT2D eigenvalue weighted by molar-refractivity contribution is 5.37. The molecule has 3 rings (SSSR count). The summed E-state index contributed by atoms with van der Waals surface area (Å²) in [5, 5.41) is 13.4. The number of nitrogens with two attached hydrogens (primary N) is 1. The van der Waals surface area contributed by atoms with Gasteiger partial charge in [0, 0.05) is 26.0 Å². The number of aromatic nitrogens is 5. The molecule has 0 radical (unpaired) electrons. The Balaban J connectivity index is 1.78. The second-order valence-electron chi connectivity index (χ2n) is 5.12. The Bertz CT molecular complexity index is 579. The summed E-state index contributed by atoms with van der Waals surface area (Å²) in [7, 11) is 1.91. The fourth-order valence-electron chi connectivity index (χ4n) is 2.35. The normalized spacial score (nSPS) is 21.5. The highest BCUT2D eigenvalue weighted by Gasteiger charge is 2.28. The van der Waals surface area contributed by atoms with E-state index in [4.69, 9.17) is 5.73 Å². The number of hydrogen-bond acceptors (Lipinski definition) is 7. The van der Waals surface area contributed by atoms with E-state index in [1.54, 1.807) is 23.1 Å². The third-order valence-corrected chi connectivity index (χ3v) is 3.42. The van der Waals surface area contributed by atoms with Crippen LogP contribution in [0.1, 0.15) is 12.8 Å². The monoisotopic (exact) mass is 275 g/mol. The average Bonchev–Trinajstić information content (AvgIpc) is 2.90. The first-order valence-electron chi connectivity index (χ1n) is 6.52. The van der Waals surface area contributed by atoms with Crippen LogP contribution in [-0.4, -0.2) is 49.5 Å². The van der Waals surface area contributed by atoms with Crippen molar-refractivity contribution in [1.82, 2.24) is 24.7 Å². The largest absolute Gasteiger partial charge is 0.393 e. The zero-order valence-corrected chi connectivity index (χ0v) is 11.2. The van der Waals surface area contributed by atoms with Crippen molar-refractivity contribution in [2.45, 2.75) is 18.9 Å². The Kier molecular flexibility index (Phi) is 3.23. The van der Waals surface area contributed by atoms with Gasteiger partial charge < -0.3 is 15.7 Å². The lowest BCUT2D eigenvalue weighted by Gasteiger charge is -2.34. The third-order valence-electron chi connectivity index (χ3n) is 3.42. The maximum Gasteiger partial charge on any atom is 0.257 e. The van der Waals surface area contributed by atoms with Gasteiger partial charge in [-0.05, 0) is 24.8 Å². The molecule has 1 fully saturated rings. The summed E-state index contributed by atoms with van der Waals surface area (Å²) in [6, 6.07) is 1.79. The van der Waals surface area contributed by atoms with E-state index in [1.165, 1.54) is 0 Å². The third kappa shape index (κ3) is 2.55. The van der Waals surface area contributed by atoms with Crippen LogP contribution in [-0.2, 0) is 0 Å². The van der Waals surface area contributed by atoms with Crippen LogP contribution in [0.25, 0.3) is 5.95 Å². The van der Waals surface area contributed by atoms with E-state index in [0.717, 1.165) is 19.4 Å². The molecule has 0 spiro atoms. The first-order valence-corrected chi connectivity index (χ1v) is 6.52. The average molecular weight is 275 g/mol. The fourth-order valence-corrected chi connectivity index (χ4v) is 2.35. The predicted molar refractivity (Wildman–Crippen MR) is 73.4 cm³/mol. The van der Waals surface area contributed by atoms with Crippen molar-refractivity contribution in [3.8, 4) is 5.95 Å². The number of aliphatic hydroxyl groups is 1. The highest BCUT2D eigenvalue weighted by Crippen LogP contribution is 2.28. The Labute approximate surface area is 116 Å². The first-order chi connectivity index (χ1) is 9.61. The van der Waals surface area contributed by atoms with E-state index >= 15 is 0 Å². The number of anilines is 2. The molecule has 106 valence electrons. The molecule has 2 heterocycles. The molecule has 8 nitrogen and oxygen atoms in total. The van der Waals surface area contributed by atoms with Gasteiger partial charge in [0.25, 0.3) is 5.95 Å². The van der Waals surface area contributed by atoms with Gasteiger partial charge in [-0.1, -0.05) is 0 Å². The van der Waals surface area contributed by atoms with E-state index in [-0.39, 0.29) is 12.1 Å². The quantitative estimate of drug-likeness (QED) is 0.799. The van der Waals surface area contributed by atoms with Gasteiger partial charge in [0.05, 0.1) is 6.10 Å². The molecule has 1 aliphatic carbocycles. The summed E-state index contributed by atoms with van der Waals surface area (Å²) in [4.78, 5) is 14.5. The van der Waals surface area contributed by atoms with Gasteiger partial charge in [-0.15, -0.1) is 0 Å². The van der Waals surface area contributed by atoms with Crippen molar-refractivity contribution < 1.29 is 5.11 Å². The lowest BCUT2D eigenvalue weighted by atomic mass is 9.82. The van der Waals surface area contributed by atoms with Crippen molar-refractivity contribution in [3.63, 3.8) is 0 Å². The molecule has 8 heteroatoms. The molecule has 0 unspecified atom stereocenters. The van der Waals surface area contributed by atoms with E-state index in [1.807, 2.05) is 11.9 Å². The van der Waals surface area contributed by atoms with Gasteiger partial charge in [0.2, 0.25) is 11.9 Å². The SMILES string of the molecule is CN(CC1CC(O)C1)c1nc(N)nc(-n2cccn2)n1. The molecule has 0 aromatic carbocycles. The maximum absolute atomic E-state index is 9.32. The lowest BCUT2D eigenvalue weighted by molar-refractivity contribution is 0.0463. The van der Waals surface area contributed by atoms with E-state index < -0.39 is 0 Å². The molecule has 20 heavy (non-hydrogen) atoms. The summed E-state index contributed by atoms with van der Waals surface area (Å²) in [6.07, 6.45) is 4.91. The molecule has 2 aromatic rings. The van der Waals surface area contributed by atoms with Gasteiger partial charge in [0.15, 0.2) is 0 Å². The van der Waals surface area contributed by atoms with Crippen LogP contribution in [0.4, 0.5) is 11.9 Å². The minimum atomic E-state index is -0.156. The molecule has 1 saturated carbocycles. The van der Waals surface area contributed by atoms with E-state index in [2.05, 4.69) is 20.1 Å². The highest BCUT2D eigenvalue weighted by atomic mass is 16.3. The Hall–Kier alpha value is -2.22. The van der Waals surface area contributed by atoms with Gasteiger partial charge >= 0.3 is 0 Å². The van der Waals surface area contributed by atoms with Gasteiger partial charge in [0.1, 0.15) is 0 Å². The second-order valence-corrected chi connectivity index (χ2v) is 5.12. The van der Waals surface area contributed by atoms with Crippen LogP contribution in [0.3, 0.4) is 0 Å². The van der Waals surface area contributed by atoms with Crippen molar-refractivity contribution in [2.24, 2.45) is 5.92 Å². The van der Waals surface area contributed by atoms with Crippen molar-refractivity contribution in [3.05, 3.63) is 18.5 Å². The fraction of sp³-hybridized carbons (Fsp3) is 0.500. The van der Waals surface area contributed by atoms with Crippen LogP contribution < -0.4 is 10.6 Å². The molecule has 3 N–H and O–H groups in total. The minimum absolute atomic E-state index is 0.156. The smallest absolute Gasteiger partial charge is 0.257 e. The molecule has 0 aliphatic heterocycles. The summed E-state index contributed by atoms with van der Waals surface area (Å²) in [6.45, 7) is 0.791. The minimum Gasteiger partial charge on any atom is -0.393 e. The maximum atomic E-state index is 9.32. The van der Waals surface area contributed by atoms with E-state index in [9.17, 15) is 5.11 Å².